The molecular formula is C26H28N4O3S. The minimum Gasteiger partial charge on any atom is -0.485 e. The summed E-state index contributed by atoms with van der Waals surface area (Å²) in [6.07, 6.45) is 12.2. The van der Waals surface area contributed by atoms with Crippen LogP contribution in [0.3, 0.4) is 0 Å². The van der Waals surface area contributed by atoms with Crippen molar-refractivity contribution < 1.29 is 13.2 Å². The van der Waals surface area contributed by atoms with Crippen LogP contribution in [0.1, 0.15) is 36.8 Å². The molecule has 6 rings (SSSR count). The topological polar surface area (TPSA) is 85.3 Å². The number of hydrogen-bond donors (Lipinski definition) is 0. The van der Waals surface area contributed by atoms with Crippen LogP contribution in [0.2, 0.25) is 0 Å². The lowest BCUT2D eigenvalue weighted by molar-refractivity contribution is -0.106. The number of hydrogen-bond acceptors (Lipinski definition) is 7. The second-order valence-electron chi connectivity index (χ2n) is 10.3. The van der Waals surface area contributed by atoms with Gasteiger partial charge in [-0.3, -0.25) is 4.98 Å². The molecule has 3 aliphatic rings. The number of nitrogens with zero attached hydrogens (tertiary/aromatic N) is 4. The highest BCUT2D eigenvalue weighted by Crippen LogP contribution is 2.60. The lowest BCUT2D eigenvalue weighted by Crippen LogP contribution is -2.58. The van der Waals surface area contributed by atoms with Crippen LogP contribution in [0.4, 0.5) is 5.95 Å². The van der Waals surface area contributed by atoms with Gasteiger partial charge in [-0.25, -0.2) is 18.4 Å². The van der Waals surface area contributed by atoms with Crippen molar-refractivity contribution in [1.29, 1.82) is 0 Å². The third kappa shape index (κ3) is 3.74. The second kappa shape index (κ2) is 7.50. The predicted octanol–water partition coefficient (Wildman–Crippen LogP) is 4.00. The minimum absolute atomic E-state index is 0.106. The van der Waals surface area contributed by atoms with E-state index in [1.807, 2.05) is 37.6 Å². The Labute approximate surface area is 200 Å². The van der Waals surface area contributed by atoms with Gasteiger partial charge in [0.2, 0.25) is 5.95 Å². The van der Waals surface area contributed by atoms with E-state index in [9.17, 15) is 8.42 Å². The van der Waals surface area contributed by atoms with Crippen LogP contribution in [0, 0.1) is 12.3 Å². The summed E-state index contributed by atoms with van der Waals surface area (Å²) in [6.45, 7) is 3.98. The van der Waals surface area contributed by atoms with Crippen molar-refractivity contribution in [2.24, 2.45) is 5.41 Å². The molecule has 3 aromatic rings. The predicted molar refractivity (Wildman–Crippen MR) is 130 cm³/mol. The van der Waals surface area contributed by atoms with E-state index in [2.05, 4.69) is 25.9 Å². The largest absolute Gasteiger partial charge is 0.485 e. The standard InChI is InChI=1S/C26H28N4O3S/c1-18-13-28-24(29-14-18)30-9-7-25(8-10-30)16-26(17-25)12-20-11-22(27-15-23(20)33-26)19-3-5-21(6-4-19)34(2,31)32/h3-6,11,13-15H,7-10,12,16-17H2,1-2H3. The molecule has 34 heavy (non-hydrogen) atoms. The number of aromatic nitrogens is 3. The van der Waals surface area contributed by atoms with Gasteiger partial charge in [0.15, 0.2) is 9.84 Å². The summed E-state index contributed by atoms with van der Waals surface area (Å²) in [5, 5.41) is 0. The van der Waals surface area contributed by atoms with Crippen molar-refractivity contribution in [2.75, 3.05) is 24.2 Å². The monoisotopic (exact) mass is 476 g/mol. The van der Waals surface area contributed by atoms with E-state index in [0.29, 0.717) is 10.3 Å². The third-order valence-electron chi connectivity index (χ3n) is 7.63. The van der Waals surface area contributed by atoms with Gasteiger partial charge in [-0.2, -0.15) is 0 Å². The van der Waals surface area contributed by atoms with Gasteiger partial charge in [0.05, 0.1) is 16.8 Å². The maximum atomic E-state index is 11.7. The summed E-state index contributed by atoms with van der Waals surface area (Å²) in [7, 11) is -3.21. The lowest BCUT2D eigenvalue weighted by Gasteiger charge is -2.57. The zero-order valence-corrected chi connectivity index (χ0v) is 20.3. The SMILES string of the molecule is Cc1cnc(N2CCC3(CC2)CC2(Cc4cc(-c5ccc(S(C)(=O)=O)cc5)ncc4O2)C3)nc1. The quantitative estimate of drug-likeness (QED) is 0.565. The number of pyridine rings is 1. The molecule has 2 aromatic heterocycles. The third-order valence-corrected chi connectivity index (χ3v) is 8.76. The first-order valence-corrected chi connectivity index (χ1v) is 13.6. The zero-order chi connectivity index (χ0) is 23.6. The Kier molecular flexibility index (Phi) is 4.75. The van der Waals surface area contributed by atoms with E-state index in [1.165, 1.54) is 11.8 Å². The Balaban J connectivity index is 1.12. The highest BCUT2D eigenvalue weighted by Gasteiger charge is 2.59. The van der Waals surface area contributed by atoms with Gasteiger partial charge in [-0.15, -0.1) is 0 Å². The Morgan fingerprint density at radius 2 is 1.65 bits per heavy atom. The van der Waals surface area contributed by atoms with Crippen molar-refractivity contribution in [3.8, 4) is 17.0 Å². The second-order valence-corrected chi connectivity index (χ2v) is 12.4. The molecule has 0 radical (unpaired) electrons. The van der Waals surface area contributed by atoms with Crippen LogP contribution in [-0.2, 0) is 16.3 Å². The summed E-state index contributed by atoms with van der Waals surface area (Å²) in [6, 6.07) is 9.02. The zero-order valence-electron chi connectivity index (χ0n) is 19.5. The molecule has 1 aromatic carbocycles. The molecule has 2 spiro atoms. The average molecular weight is 477 g/mol. The molecule has 2 aliphatic heterocycles. The summed E-state index contributed by atoms with van der Waals surface area (Å²) >= 11 is 0. The number of benzene rings is 1. The van der Waals surface area contributed by atoms with Gasteiger partial charge in [0.1, 0.15) is 11.4 Å². The number of fused-ring (bicyclic) bond motifs is 1. The van der Waals surface area contributed by atoms with Crippen molar-refractivity contribution in [3.05, 3.63) is 60.0 Å². The van der Waals surface area contributed by atoms with Crippen LogP contribution in [0.25, 0.3) is 11.3 Å². The number of ether oxygens (including phenoxy) is 1. The van der Waals surface area contributed by atoms with Crippen molar-refractivity contribution in [3.63, 3.8) is 0 Å². The number of aryl methyl sites for hydroxylation is 1. The summed E-state index contributed by atoms with van der Waals surface area (Å²) in [5.74, 6) is 1.72. The van der Waals surface area contributed by atoms with Crippen LogP contribution >= 0.6 is 0 Å². The van der Waals surface area contributed by atoms with Crippen LogP contribution in [-0.4, -0.2) is 48.3 Å². The fourth-order valence-corrected chi connectivity index (χ4v) is 6.59. The maximum Gasteiger partial charge on any atom is 0.225 e. The molecule has 1 aliphatic carbocycles. The van der Waals surface area contributed by atoms with E-state index in [4.69, 9.17) is 4.74 Å². The summed E-state index contributed by atoms with van der Waals surface area (Å²) in [5.41, 5.74) is 4.27. The van der Waals surface area contributed by atoms with Gasteiger partial charge in [0, 0.05) is 49.3 Å². The van der Waals surface area contributed by atoms with Crippen LogP contribution < -0.4 is 9.64 Å². The number of rotatable bonds is 3. The number of anilines is 1. The van der Waals surface area contributed by atoms with Crippen LogP contribution in [0.15, 0.2) is 53.8 Å². The molecule has 7 nitrogen and oxygen atoms in total. The van der Waals surface area contributed by atoms with Gasteiger partial charge in [-0.05, 0) is 61.8 Å². The molecule has 0 unspecified atom stereocenters. The molecule has 4 heterocycles. The first kappa shape index (κ1) is 21.5. The van der Waals surface area contributed by atoms with Gasteiger partial charge >= 0.3 is 0 Å². The normalized spacial score (nSPS) is 20.1. The Morgan fingerprint density at radius 3 is 2.29 bits per heavy atom. The molecule has 176 valence electrons. The molecule has 1 saturated heterocycles. The van der Waals surface area contributed by atoms with E-state index in [-0.39, 0.29) is 5.60 Å². The van der Waals surface area contributed by atoms with Gasteiger partial charge in [0.25, 0.3) is 0 Å². The molecule has 0 amide bonds. The van der Waals surface area contributed by atoms with E-state index in [0.717, 1.165) is 73.7 Å². The lowest BCUT2D eigenvalue weighted by atomic mass is 9.54. The van der Waals surface area contributed by atoms with E-state index >= 15 is 0 Å². The molecule has 0 bridgehead atoms. The van der Waals surface area contributed by atoms with Crippen LogP contribution in [0.5, 0.6) is 5.75 Å². The Morgan fingerprint density at radius 1 is 0.971 bits per heavy atom. The summed E-state index contributed by atoms with van der Waals surface area (Å²) < 4.78 is 29.9. The molecule has 1 saturated carbocycles. The Hall–Kier alpha value is -3.00. The average Bonchev–Trinajstić information content (AvgIpc) is 3.17. The van der Waals surface area contributed by atoms with Gasteiger partial charge < -0.3 is 9.64 Å². The minimum atomic E-state index is -3.21. The van der Waals surface area contributed by atoms with E-state index < -0.39 is 9.84 Å². The molecular weight excluding hydrogens is 448 g/mol. The molecule has 8 heteroatoms. The highest BCUT2D eigenvalue weighted by molar-refractivity contribution is 7.90. The van der Waals surface area contributed by atoms with E-state index in [1.54, 1.807) is 12.1 Å². The van der Waals surface area contributed by atoms with Gasteiger partial charge in [-0.1, -0.05) is 12.1 Å². The number of sulfone groups is 1. The molecule has 0 N–H and O–H groups in total. The number of piperidine rings is 1. The molecule has 2 fully saturated rings. The molecule has 0 atom stereocenters. The Bertz CT molecular complexity index is 1340. The highest BCUT2D eigenvalue weighted by atomic mass is 32.2. The fourth-order valence-electron chi connectivity index (χ4n) is 5.96. The first-order chi connectivity index (χ1) is 16.2. The maximum absolute atomic E-state index is 11.7. The fraction of sp³-hybridized carbons (Fsp3) is 0.423. The first-order valence-electron chi connectivity index (χ1n) is 11.7. The van der Waals surface area contributed by atoms with Crippen molar-refractivity contribution >= 4 is 15.8 Å². The van der Waals surface area contributed by atoms with Crippen molar-refractivity contribution in [2.45, 2.75) is 49.5 Å². The smallest absolute Gasteiger partial charge is 0.225 e. The van der Waals surface area contributed by atoms with Crippen molar-refractivity contribution in [1.82, 2.24) is 15.0 Å². The summed E-state index contributed by atoms with van der Waals surface area (Å²) in [4.78, 5) is 16.2.